The van der Waals surface area contributed by atoms with Gasteiger partial charge in [0.25, 0.3) is 5.89 Å². The largest absolute Gasteiger partial charge is 0.478 e. The van der Waals surface area contributed by atoms with Crippen LogP contribution in [0.4, 0.5) is 5.00 Å². The maximum absolute atomic E-state index is 12.0. The number of hydrogen-bond donors (Lipinski definition) is 2. The molecular weight excluding hydrogens is 398 g/mol. The Morgan fingerprint density at radius 2 is 1.77 bits per heavy atom. The number of fused-ring (bicyclic) bond motifs is 3. The van der Waals surface area contributed by atoms with E-state index >= 15 is 0 Å². The molecule has 6 nitrogen and oxygen atoms in total. The van der Waals surface area contributed by atoms with E-state index in [4.69, 9.17) is 9.51 Å². The standard InChI is InChI=1S/C23H25N3O3S/c1-11(17-12-5-7-13(8-6-12)18(17)23(27)28)24-22-19(15-3-2-4-16(15)30-22)21-25-20(26-29-21)14-9-10-14/h12-14,24H,1-10H2,(H,27,28). The summed E-state index contributed by atoms with van der Waals surface area (Å²) >= 11 is 1.73. The summed E-state index contributed by atoms with van der Waals surface area (Å²) < 4.78 is 5.68. The molecule has 0 unspecified atom stereocenters. The second kappa shape index (κ2) is 6.80. The molecule has 0 aliphatic heterocycles. The van der Waals surface area contributed by atoms with Gasteiger partial charge in [0, 0.05) is 22.1 Å². The van der Waals surface area contributed by atoms with Gasteiger partial charge in [-0.15, -0.1) is 11.3 Å². The molecule has 0 aromatic carbocycles. The second-order valence-electron chi connectivity index (χ2n) is 9.08. The van der Waals surface area contributed by atoms with Gasteiger partial charge in [0.2, 0.25) is 0 Å². The first-order chi connectivity index (χ1) is 14.6. The number of hydrogen-bond acceptors (Lipinski definition) is 6. The Bertz CT molecular complexity index is 1080. The van der Waals surface area contributed by atoms with Crippen LogP contribution in [0.1, 0.15) is 67.1 Å². The fourth-order valence-electron chi connectivity index (χ4n) is 5.58. The molecule has 156 valence electrons. The van der Waals surface area contributed by atoms with E-state index in [0.717, 1.165) is 85.4 Å². The summed E-state index contributed by atoms with van der Waals surface area (Å²) in [6.45, 7) is 4.29. The summed E-state index contributed by atoms with van der Waals surface area (Å²) in [4.78, 5) is 18.1. The summed E-state index contributed by atoms with van der Waals surface area (Å²) in [6.07, 6.45) is 9.58. The molecule has 7 heteroatoms. The zero-order chi connectivity index (χ0) is 20.4. The number of aryl methyl sites for hydroxylation is 1. The number of carboxylic acids is 1. The third-order valence-electron chi connectivity index (χ3n) is 7.17. The lowest BCUT2D eigenvalue weighted by Crippen LogP contribution is -2.32. The highest BCUT2D eigenvalue weighted by molar-refractivity contribution is 7.17. The molecule has 5 aliphatic rings. The van der Waals surface area contributed by atoms with Crippen molar-refractivity contribution in [2.45, 2.75) is 63.7 Å². The van der Waals surface area contributed by atoms with Gasteiger partial charge in [0.1, 0.15) is 5.00 Å². The molecule has 0 spiro atoms. The molecule has 0 saturated heterocycles. The average Bonchev–Trinajstić information content (AvgIpc) is 3.15. The van der Waals surface area contributed by atoms with Crippen molar-refractivity contribution in [3.05, 3.63) is 39.7 Å². The Morgan fingerprint density at radius 3 is 2.47 bits per heavy atom. The quantitative estimate of drug-likeness (QED) is 0.656. The van der Waals surface area contributed by atoms with Crippen molar-refractivity contribution in [2.75, 3.05) is 5.32 Å². The number of aliphatic carboxylic acids is 1. The monoisotopic (exact) mass is 423 g/mol. The van der Waals surface area contributed by atoms with Crippen LogP contribution in [0.5, 0.6) is 0 Å². The van der Waals surface area contributed by atoms with Crippen molar-refractivity contribution in [2.24, 2.45) is 11.8 Å². The zero-order valence-electron chi connectivity index (χ0n) is 16.9. The molecule has 2 heterocycles. The van der Waals surface area contributed by atoms with Crippen LogP contribution in [0.3, 0.4) is 0 Å². The summed E-state index contributed by atoms with van der Waals surface area (Å²) in [7, 11) is 0. The van der Waals surface area contributed by atoms with Crippen LogP contribution < -0.4 is 5.32 Å². The minimum Gasteiger partial charge on any atom is -0.478 e. The van der Waals surface area contributed by atoms with Crippen molar-refractivity contribution < 1.29 is 14.4 Å². The van der Waals surface area contributed by atoms with Gasteiger partial charge in [-0.1, -0.05) is 11.7 Å². The zero-order valence-corrected chi connectivity index (χ0v) is 17.7. The first-order valence-electron chi connectivity index (χ1n) is 11.0. The fourth-order valence-corrected chi connectivity index (χ4v) is 6.88. The van der Waals surface area contributed by atoms with Crippen LogP contribution in [0.2, 0.25) is 0 Å². The number of thiophene rings is 1. The summed E-state index contributed by atoms with van der Waals surface area (Å²) in [5.74, 6) is 1.51. The van der Waals surface area contributed by atoms with Gasteiger partial charge >= 0.3 is 5.97 Å². The predicted molar refractivity (Wildman–Crippen MR) is 114 cm³/mol. The number of allylic oxidation sites excluding steroid dienone is 1. The molecule has 2 aromatic heterocycles. The van der Waals surface area contributed by atoms with E-state index < -0.39 is 5.97 Å². The van der Waals surface area contributed by atoms with E-state index in [1.807, 2.05) is 0 Å². The van der Waals surface area contributed by atoms with Crippen LogP contribution in [0.25, 0.3) is 11.5 Å². The predicted octanol–water partition coefficient (Wildman–Crippen LogP) is 5.29. The van der Waals surface area contributed by atoms with Gasteiger partial charge in [-0.25, -0.2) is 4.79 Å². The number of carboxylic acid groups (broad SMARTS) is 1. The number of aromatic nitrogens is 2. The van der Waals surface area contributed by atoms with Gasteiger partial charge in [0.15, 0.2) is 5.82 Å². The smallest absolute Gasteiger partial charge is 0.332 e. The molecule has 2 N–H and O–H groups in total. The van der Waals surface area contributed by atoms with E-state index in [1.54, 1.807) is 11.3 Å². The number of nitrogens with zero attached hydrogens (tertiary/aromatic N) is 2. The van der Waals surface area contributed by atoms with E-state index in [1.165, 1.54) is 10.4 Å². The third-order valence-corrected chi connectivity index (χ3v) is 8.38. The van der Waals surface area contributed by atoms with Crippen molar-refractivity contribution in [3.63, 3.8) is 0 Å². The number of carbonyl (C=O) groups is 1. The first-order valence-corrected chi connectivity index (χ1v) is 11.8. The van der Waals surface area contributed by atoms with E-state index in [-0.39, 0.29) is 5.92 Å². The molecule has 2 bridgehead atoms. The Kier molecular flexibility index (Phi) is 4.17. The normalized spacial score (nSPS) is 24.9. The lowest BCUT2D eigenvalue weighted by atomic mass is 9.66. The summed E-state index contributed by atoms with van der Waals surface area (Å²) in [5.41, 5.74) is 4.54. The van der Waals surface area contributed by atoms with Crippen molar-refractivity contribution >= 4 is 22.3 Å². The van der Waals surface area contributed by atoms with E-state index in [9.17, 15) is 9.90 Å². The Hall–Kier alpha value is -2.41. The van der Waals surface area contributed by atoms with E-state index in [2.05, 4.69) is 17.1 Å². The number of anilines is 1. The molecule has 5 aliphatic carbocycles. The first kappa shape index (κ1) is 18.4. The molecule has 0 radical (unpaired) electrons. The lowest BCUT2D eigenvalue weighted by Gasteiger charge is -2.39. The Morgan fingerprint density at radius 1 is 1.07 bits per heavy atom. The van der Waals surface area contributed by atoms with Crippen molar-refractivity contribution in [1.29, 1.82) is 0 Å². The molecule has 0 amide bonds. The molecule has 30 heavy (non-hydrogen) atoms. The van der Waals surface area contributed by atoms with Crippen molar-refractivity contribution in [3.8, 4) is 11.5 Å². The van der Waals surface area contributed by atoms with Gasteiger partial charge in [-0.2, -0.15) is 4.98 Å². The number of nitrogens with one attached hydrogen (secondary N) is 1. The third kappa shape index (κ3) is 2.86. The molecular formula is C23H25N3O3S. The highest BCUT2D eigenvalue weighted by Crippen LogP contribution is 2.50. The Balaban J connectivity index is 1.38. The van der Waals surface area contributed by atoms with Crippen LogP contribution in [-0.4, -0.2) is 21.2 Å². The van der Waals surface area contributed by atoms with Gasteiger partial charge < -0.3 is 14.9 Å². The van der Waals surface area contributed by atoms with Gasteiger partial charge in [-0.3, -0.25) is 0 Å². The van der Waals surface area contributed by atoms with Crippen LogP contribution in [-0.2, 0) is 17.6 Å². The van der Waals surface area contributed by atoms with Crippen LogP contribution in [0, 0.1) is 11.8 Å². The molecule has 0 atom stereocenters. The minimum atomic E-state index is -0.790. The van der Waals surface area contributed by atoms with Gasteiger partial charge in [-0.05, 0) is 80.8 Å². The second-order valence-corrected chi connectivity index (χ2v) is 10.2. The molecule has 2 aromatic rings. The maximum Gasteiger partial charge on any atom is 0.332 e. The maximum atomic E-state index is 12.0. The molecule has 2 fully saturated rings. The van der Waals surface area contributed by atoms with E-state index in [0.29, 0.717) is 23.3 Å². The SMILES string of the molecule is C=C(Nc1sc2c(c1-c1nc(C3CC3)no1)CCC2)C1=C(C(=O)O)C2CCC1CC2. The minimum absolute atomic E-state index is 0.158. The van der Waals surface area contributed by atoms with Gasteiger partial charge in [0.05, 0.1) is 5.56 Å². The number of rotatable bonds is 6. The van der Waals surface area contributed by atoms with Crippen LogP contribution in [0.15, 0.2) is 27.9 Å². The fraction of sp³-hybridized carbons (Fsp3) is 0.522. The summed E-state index contributed by atoms with van der Waals surface area (Å²) in [5, 5.41) is 18.6. The molecule has 2 saturated carbocycles. The Labute approximate surface area is 179 Å². The summed E-state index contributed by atoms with van der Waals surface area (Å²) in [6, 6.07) is 0. The lowest BCUT2D eigenvalue weighted by molar-refractivity contribution is -0.133. The average molecular weight is 424 g/mol. The topological polar surface area (TPSA) is 88.3 Å². The molecule has 7 rings (SSSR count). The van der Waals surface area contributed by atoms with Crippen molar-refractivity contribution in [1.82, 2.24) is 10.1 Å². The van der Waals surface area contributed by atoms with Crippen LogP contribution >= 0.6 is 11.3 Å². The highest BCUT2D eigenvalue weighted by atomic mass is 32.1. The highest BCUT2D eigenvalue weighted by Gasteiger charge is 2.39.